The Hall–Kier alpha value is -4.03. The molecule has 5 rings (SSSR count). The summed E-state index contributed by atoms with van der Waals surface area (Å²) in [4.78, 5) is 18.8. The average molecular weight is 541 g/mol. The van der Waals surface area contributed by atoms with Gasteiger partial charge in [0.2, 0.25) is 5.82 Å². The van der Waals surface area contributed by atoms with E-state index in [2.05, 4.69) is 32.5 Å². The quantitative estimate of drug-likeness (QED) is 0.344. The Morgan fingerprint density at radius 2 is 1.92 bits per heavy atom. The number of nitrogens with one attached hydrogen (secondary N) is 1. The number of rotatable bonds is 8. The molecule has 0 spiro atoms. The van der Waals surface area contributed by atoms with E-state index in [1.807, 2.05) is 0 Å². The largest absolute Gasteiger partial charge is 0.434 e. The van der Waals surface area contributed by atoms with Gasteiger partial charge in [-0.05, 0) is 50.6 Å². The minimum atomic E-state index is -4.73. The first-order chi connectivity index (χ1) is 18.7. The van der Waals surface area contributed by atoms with Gasteiger partial charge in [0, 0.05) is 18.2 Å². The average Bonchev–Trinajstić information content (AvgIpc) is 3.68. The van der Waals surface area contributed by atoms with Gasteiger partial charge in [-0.15, -0.1) is 0 Å². The van der Waals surface area contributed by atoms with E-state index < -0.39 is 23.9 Å². The number of aliphatic hydroxyl groups excluding tert-OH is 1. The van der Waals surface area contributed by atoms with Crippen molar-refractivity contribution in [3.8, 4) is 28.5 Å². The fourth-order valence-corrected chi connectivity index (χ4v) is 4.76. The second-order valence-electron chi connectivity index (χ2n) is 9.46. The third-order valence-corrected chi connectivity index (χ3v) is 6.88. The van der Waals surface area contributed by atoms with Gasteiger partial charge in [0.25, 0.3) is 11.8 Å². The van der Waals surface area contributed by atoms with Gasteiger partial charge in [-0.3, -0.25) is 4.79 Å². The molecule has 1 aliphatic rings. The second kappa shape index (κ2) is 11.0. The van der Waals surface area contributed by atoms with Crippen LogP contribution in [0.5, 0.6) is 0 Å². The van der Waals surface area contributed by atoms with Crippen LogP contribution in [-0.2, 0) is 11.0 Å². The third kappa shape index (κ3) is 5.71. The molecule has 4 aromatic rings. The number of para-hydroxylation sites is 1. The molecule has 1 aliphatic heterocycles. The monoisotopic (exact) mass is 540 g/mol. The molecule has 9 nitrogen and oxygen atoms in total. The van der Waals surface area contributed by atoms with Crippen LogP contribution in [0.3, 0.4) is 0 Å². The maximum atomic E-state index is 14.0. The van der Waals surface area contributed by atoms with Gasteiger partial charge in [0.15, 0.2) is 11.8 Å². The van der Waals surface area contributed by atoms with Crippen LogP contribution in [0.2, 0.25) is 0 Å². The molecule has 0 bridgehead atoms. The number of aliphatic hydroxyl groups is 1. The lowest BCUT2D eigenvalue weighted by atomic mass is 10.1. The molecule has 1 amide bonds. The van der Waals surface area contributed by atoms with Crippen molar-refractivity contribution in [2.24, 2.45) is 0 Å². The predicted octanol–water partition coefficient (Wildman–Crippen LogP) is 4.24. The molecule has 2 N–H and O–H groups in total. The molecule has 2 aromatic heterocycles. The Balaban J connectivity index is 1.29. The zero-order valence-corrected chi connectivity index (χ0v) is 21.1. The summed E-state index contributed by atoms with van der Waals surface area (Å²) in [5, 5.41) is 21.0. The Morgan fingerprint density at radius 1 is 1.18 bits per heavy atom. The maximum absolute atomic E-state index is 14.0. The van der Waals surface area contributed by atoms with E-state index >= 15 is 0 Å². The summed E-state index contributed by atoms with van der Waals surface area (Å²) in [7, 11) is 2.06. The number of halogens is 3. The first-order valence-electron chi connectivity index (χ1n) is 12.5. The maximum Gasteiger partial charge on any atom is 0.434 e. The highest BCUT2D eigenvalue weighted by Gasteiger charge is 2.40. The normalized spacial score (nSPS) is 16.9. The van der Waals surface area contributed by atoms with Crippen molar-refractivity contribution in [3.05, 3.63) is 72.1 Å². The lowest BCUT2D eigenvalue weighted by Crippen LogP contribution is -2.34. The van der Waals surface area contributed by atoms with E-state index in [0.717, 1.165) is 36.7 Å². The summed E-state index contributed by atoms with van der Waals surface area (Å²) in [5.74, 6) is -0.784. The van der Waals surface area contributed by atoms with Crippen molar-refractivity contribution in [3.63, 3.8) is 0 Å². The molecule has 2 atom stereocenters. The van der Waals surface area contributed by atoms with Crippen molar-refractivity contribution in [2.45, 2.75) is 37.6 Å². The van der Waals surface area contributed by atoms with E-state index in [-0.39, 0.29) is 23.0 Å². The standard InChI is InChI=1S/C27H27F3N6O3/c1-35-15-5-8-19(35)13-14-31-25(38)22(37)17-9-11-18(12-10-17)24-33-26(39-34-24)21-16-32-36(23(21)27(28,29)30)20-6-3-2-4-7-20/h2-4,6-7,9-12,16,19,22,37H,5,8,13-15H2,1H3,(H,31,38)/t19?,22-/m0/s1. The van der Waals surface area contributed by atoms with Crippen molar-refractivity contribution >= 4 is 5.91 Å². The number of amides is 1. The molecule has 2 aromatic carbocycles. The Labute approximate surface area is 222 Å². The summed E-state index contributed by atoms with van der Waals surface area (Å²) in [6.07, 6.45) is -2.00. The molecular formula is C27H27F3N6O3. The topological polar surface area (TPSA) is 109 Å². The fraction of sp³-hybridized carbons (Fsp3) is 0.333. The van der Waals surface area contributed by atoms with Crippen LogP contribution in [-0.4, -0.2) is 62.0 Å². The van der Waals surface area contributed by atoms with Gasteiger partial charge in [-0.25, -0.2) is 4.68 Å². The van der Waals surface area contributed by atoms with Crippen molar-refractivity contribution < 1.29 is 27.6 Å². The number of carbonyl (C=O) groups is 1. The molecule has 0 aliphatic carbocycles. The van der Waals surface area contributed by atoms with Crippen LogP contribution in [0.1, 0.15) is 36.6 Å². The molecule has 204 valence electrons. The number of likely N-dealkylation sites (tertiary alicyclic amines) is 1. The SMILES string of the molecule is CN1CCCC1CCNC(=O)[C@@H](O)c1ccc(-c2noc(-c3cnn(-c4ccccc4)c3C(F)(F)F)n2)cc1. The Kier molecular flexibility index (Phi) is 7.49. The van der Waals surface area contributed by atoms with Gasteiger partial charge < -0.3 is 19.8 Å². The summed E-state index contributed by atoms with van der Waals surface area (Å²) in [6.45, 7) is 1.52. The van der Waals surface area contributed by atoms with Crippen molar-refractivity contribution in [2.75, 3.05) is 20.1 Å². The third-order valence-electron chi connectivity index (χ3n) is 6.88. The first-order valence-corrected chi connectivity index (χ1v) is 12.5. The number of nitrogens with zero attached hydrogens (tertiary/aromatic N) is 5. The Morgan fingerprint density at radius 3 is 2.59 bits per heavy atom. The van der Waals surface area contributed by atoms with E-state index in [0.29, 0.717) is 23.7 Å². The van der Waals surface area contributed by atoms with Crippen LogP contribution in [0.4, 0.5) is 13.2 Å². The number of benzene rings is 2. The highest BCUT2D eigenvalue weighted by molar-refractivity contribution is 5.82. The van der Waals surface area contributed by atoms with Crippen LogP contribution in [0, 0.1) is 0 Å². The van der Waals surface area contributed by atoms with Gasteiger partial charge in [-0.1, -0.05) is 47.6 Å². The van der Waals surface area contributed by atoms with Crippen LogP contribution < -0.4 is 5.32 Å². The number of aromatic nitrogens is 4. The summed E-state index contributed by atoms with van der Waals surface area (Å²) < 4.78 is 47.9. The molecule has 3 heterocycles. The molecule has 1 unspecified atom stereocenters. The van der Waals surface area contributed by atoms with Gasteiger partial charge in [0.1, 0.15) is 0 Å². The minimum absolute atomic E-state index is 0.0526. The number of hydrogen-bond acceptors (Lipinski definition) is 7. The Bertz CT molecular complexity index is 1420. The first kappa shape index (κ1) is 26.6. The molecular weight excluding hydrogens is 513 g/mol. The van der Waals surface area contributed by atoms with E-state index in [1.165, 1.54) is 24.3 Å². The number of hydrogen-bond donors (Lipinski definition) is 2. The minimum Gasteiger partial charge on any atom is -0.378 e. The molecule has 0 radical (unpaired) electrons. The van der Waals surface area contributed by atoms with Crippen LogP contribution >= 0.6 is 0 Å². The van der Waals surface area contributed by atoms with Crippen LogP contribution in [0.25, 0.3) is 28.5 Å². The van der Waals surface area contributed by atoms with Gasteiger partial charge in [0.05, 0.1) is 17.4 Å². The number of alkyl halides is 3. The smallest absolute Gasteiger partial charge is 0.378 e. The zero-order valence-electron chi connectivity index (χ0n) is 21.1. The lowest BCUT2D eigenvalue weighted by Gasteiger charge is -2.20. The van der Waals surface area contributed by atoms with Crippen molar-refractivity contribution in [1.82, 2.24) is 30.1 Å². The van der Waals surface area contributed by atoms with E-state index in [9.17, 15) is 23.1 Å². The molecule has 1 saturated heterocycles. The molecule has 12 heteroatoms. The van der Waals surface area contributed by atoms with E-state index in [4.69, 9.17) is 4.52 Å². The summed E-state index contributed by atoms with van der Waals surface area (Å²) in [5.41, 5.74) is -0.346. The predicted molar refractivity (Wildman–Crippen MR) is 136 cm³/mol. The highest BCUT2D eigenvalue weighted by atomic mass is 19.4. The zero-order chi connectivity index (χ0) is 27.6. The van der Waals surface area contributed by atoms with Gasteiger partial charge in [-0.2, -0.15) is 23.3 Å². The van der Waals surface area contributed by atoms with Crippen molar-refractivity contribution in [1.29, 1.82) is 0 Å². The number of carbonyl (C=O) groups excluding carboxylic acids is 1. The molecule has 0 saturated carbocycles. The summed E-state index contributed by atoms with van der Waals surface area (Å²) in [6, 6.07) is 14.6. The summed E-state index contributed by atoms with van der Waals surface area (Å²) >= 11 is 0. The molecule has 39 heavy (non-hydrogen) atoms. The van der Waals surface area contributed by atoms with Crippen LogP contribution in [0.15, 0.2) is 65.3 Å². The lowest BCUT2D eigenvalue weighted by molar-refractivity contribution is -0.142. The highest BCUT2D eigenvalue weighted by Crippen LogP contribution is 2.38. The van der Waals surface area contributed by atoms with Gasteiger partial charge >= 0.3 is 6.18 Å². The molecule has 1 fully saturated rings. The second-order valence-corrected chi connectivity index (χ2v) is 9.46. The fourth-order valence-electron chi connectivity index (χ4n) is 4.76. The van der Waals surface area contributed by atoms with E-state index in [1.54, 1.807) is 30.3 Å².